The van der Waals surface area contributed by atoms with E-state index in [1.807, 2.05) is 27.7 Å². The average Bonchev–Trinajstić information content (AvgIpc) is 2.73. The Bertz CT molecular complexity index is 421. The highest BCUT2D eigenvalue weighted by Gasteiger charge is 2.24. The van der Waals surface area contributed by atoms with Crippen molar-refractivity contribution >= 4 is 11.5 Å². The highest BCUT2D eigenvalue weighted by molar-refractivity contribution is 6.45. The number of Topliss-reactive ketones (excluding diaryl/α,β-unsaturated/α-hetero) is 1. The first kappa shape index (κ1) is 13.3. The molecule has 6 nitrogen and oxygen atoms in total. The van der Waals surface area contributed by atoms with E-state index >= 15 is 0 Å². The Kier molecular flexibility index (Phi) is 4.37. The van der Waals surface area contributed by atoms with Gasteiger partial charge in [-0.15, -0.1) is 10.2 Å². The van der Waals surface area contributed by atoms with Crippen LogP contribution in [0.5, 0.6) is 0 Å². The molecule has 6 heteroatoms. The van der Waals surface area contributed by atoms with Gasteiger partial charge >= 0.3 is 0 Å². The van der Waals surface area contributed by atoms with E-state index in [2.05, 4.69) is 20.2 Å². The summed E-state index contributed by atoms with van der Waals surface area (Å²) < 4.78 is 5.28. The molecule has 1 aromatic heterocycles. The zero-order valence-corrected chi connectivity index (χ0v) is 10.7. The summed E-state index contributed by atoms with van der Waals surface area (Å²) in [6.45, 7) is 7.51. The number of rotatable bonds is 5. The largest absolute Gasteiger partial charge is 0.418 e. The second-order valence-electron chi connectivity index (χ2n) is 4.24. The first-order valence-corrected chi connectivity index (χ1v) is 5.46. The summed E-state index contributed by atoms with van der Waals surface area (Å²) in [7, 11) is 1.39. The van der Waals surface area contributed by atoms with Crippen LogP contribution in [0.25, 0.3) is 0 Å². The fraction of sp³-hybridized carbons (Fsp3) is 0.636. The second kappa shape index (κ2) is 5.56. The summed E-state index contributed by atoms with van der Waals surface area (Å²) in [6.07, 6.45) is 0. The van der Waals surface area contributed by atoms with Gasteiger partial charge in [0, 0.05) is 11.8 Å². The Morgan fingerprint density at radius 3 is 2.35 bits per heavy atom. The van der Waals surface area contributed by atoms with Crippen molar-refractivity contribution in [2.45, 2.75) is 33.6 Å². The molecule has 0 N–H and O–H groups in total. The second-order valence-corrected chi connectivity index (χ2v) is 4.24. The van der Waals surface area contributed by atoms with E-state index in [0.29, 0.717) is 5.89 Å². The van der Waals surface area contributed by atoms with Crippen LogP contribution in [0.1, 0.15) is 50.2 Å². The Morgan fingerprint density at radius 2 is 1.94 bits per heavy atom. The zero-order chi connectivity index (χ0) is 13.0. The van der Waals surface area contributed by atoms with E-state index in [1.54, 1.807) is 0 Å². The van der Waals surface area contributed by atoms with Crippen LogP contribution < -0.4 is 0 Å². The summed E-state index contributed by atoms with van der Waals surface area (Å²) in [5.41, 5.74) is 0.270. The molecule has 0 bridgehead atoms. The molecule has 0 atom stereocenters. The quantitative estimate of drug-likeness (QED) is 0.446. The molecule has 0 unspecified atom stereocenters. The number of hydrogen-bond acceptors (Lipinski definition) is 6. The lowest BCUT2D eigenvalue weighted by Gasteiger charge is -2.04. The van der Waals surface area contributed by atoms with E-state index in [0.717, 1.165) is 0 Å². The minimum atomic E-state index is -0.388. The summed E-state index contributed by atoms with van der Waals surface area (Å²) in [4.78, 5) is 16.6. The van der Waals surface area contributed by atoms with Crippen LogP contribution in [0.3, 0.4) is 0 Å². The number of nitrogens with zero attached hydrogens (tertiary/aromatic N) is 3. The fourth-order valence-corrected chi connectivity index (χ4v) is 1.18. The fourth-order valence-electron chi connectivity index (χ4n) is 1.18. The molecule has 0 aliphatic carbocycles. The van der Waals surface area contributed by atoms with E-state index in [-0.39, 0.29) is 29.2 Å². The van der Waals surface area contributed by atoms with Crippen molar-refractivity contribution in [2.75, 3.05) is 7.11 Å². The summed E-state index contributed by atoms with van der Waals surface area (Å²) in [6, 6.07) is 0. The third kappa shape index (κ3) is 3.12. The third-order valence-corrected chi connectivity index (χ3v) is 2.10. The molecular formula is C11H17N3O3. The number of hydrogen-bond donors (Lipinski definition) is 0. The number of oxime groups is 1. The van der Waals surface area contributed by atoms with Crippen molar-refractivity contribution in [3.63, 3.8) is 0 Å². The Labute approximate surface area is 100 Å². The molecule has 0 radical (unpaired) electrons. The highest BCUT2D eigenvalue weighted by Crippen LogP contribution is 2.14. The Balaban J connectivity index is 2.98. The topological polar surface area (TPSA) is 77.6 Å². The smallest absolute Gasteiger partial charge is 0.290 e. The lowest BCUT2D eigenvalue weighted by Crippen LogP contribution is -2.21. The maximum absolute atomic E-state index is 12.0. The van der Waals surface area contributed by atoms with Gasteiger partial charge in [-0.05, 0) is 0 Å². The first-order valence-electron chi connectivity index (χ1n) is 5.46. The number of carbonyl (C=O) groups is 1. The number of aromatic nitrogens is 2. The predicted molar refractivity (Wildman–Crippen MR) is 62.0 cm³/mol. The SMILES string of the molecule is CO/N=C(/C(=O)c1nnc(C(C)C)o1)C(C)C. The van der Waals surface area contributed by atoms with Gasteiger partial charge in [0.1, 0.15) is 12.8 Å². The Morgan fingerprint density at radius 1 is 1.29 bits per heavy atom. The van der Waals surface area contributed by atoms with Gasteiger partial charge in [0.25, 0.3) is 11.7 Å². The molecule has 0 saturated heterocycles. The van der Waals surface area contributed by atoms with Gasteiger partial charge in [0.15, 0.2) is 0 Å². The van der Waals surface area contributed by atoms with Crippen LogP contribution >= 0.6 is 0 Å². The van der Waals surface area contributed by atoms with Crippen molar-refractivity contribution in [1.82, 2.24) is 10.2 Å². The monoisotopic (exact) mass is 239 g/mol. The van der Waals surface area contributed by atoms with E-state index in [4.69, 9.17) is 4.42 Å². The van der Waals surface area contributed by atoms with Crippen LogP contribution in [-0.4, -0.2) is 28.8 Å². The maximum atomic E-state index is 12.0. The molecule has 0 amide bonds. The van der Waals surface area contributed by atoms with Crippen LogP contribution in [0.2, 0.25) is 0 Å². The highest BCUT2D eigenvalue weighted by atomic mass is 16.6. The summed E-state index contributed by atoms with van der Waals surface area (Å²) in [5, 5.41) is 11.2. The van der Waals surface area contributed by atoms with Crippen molar-refractivity contribution < 1.29 is 14.0 Å². The van der Waals surface area contributed by atoms with Gasteiger partial charge in [-0.25, -0.2) is 0 Å². The van der Waals surface area contributed by atoms with Gasteiger partial charge in [0.2, 0.25) is 5.89 Å². The molecule has 0 saturated carbocycles. The Hall–Kier alpha value is -1.72. The molecule has 1 heterocycles. The van der Waals surface area contributed by atoms with Gasteiger partial charge in [-0.1, -0.05) is 32.9 Å². The van der Waals surface area contributed by atoms with Gasteiger partial charge < -0.3 is 9.25 Å². The van der Waals surface area contributed by atoms with Crippen molar-refractivity contribution in [1.29, 1.82) is 0 Å². The van der Waals surface area contributed by atoms with Gasteiger partial charge in [-0.3, -0.25) is 4.79 Å². The lowest BCUT2D eigenvalue weighted by atomic mass is 10.0. The number of carbonyl (C=O) groups excluding carboxylic acids is 1. The minimum Gasteiger partial charge on any atom is -0.418 e. The molecule has 94 valence electrons. The van der Waals surface area contributed by atoms with E-state index in [9.17, 15) is 4.79 Å². The van der Waals surface area contributed by atoms with Crippen LogP contribution in [0, 0.1) is 5.92 Å². The van der Waals surface area contributed by atoms with E-state index in [1.165, 1.54) is 7.11 Å². The summed E-state index contributed by atoms with van der Waals surface area (Å²) in [5.74, 6) is 0.0242. The van der Waals surface area contributed by atoms with Crippen molar-refractivity contribution in [3.05, 3.63) is 11.8 Å². The number of ketones is 1. The van der Waals surface area contributed by atoms with Crippen LogP contribution in [-0.2, 0) is 4.84 Å². The molecule has 0 aliphatic rings. The molecule has 0 spiro atoms. The molecule has 0 aliphatic heterocycles. The van der Waals surface area contributed by atoms with Crippen LogP contribution in [0.4, 0.5) is 0 Å². The zero-order valence-electron chi connectivity index (χ0n) is 10.7. The molecule has 1 aromatic rings. The van der Waals surface area contributed by atoms with Crippen molar-refractivity contribution in [2.24, 2.45) is 11.1 Å². The van der Waals surface area contributed by atoms with Crippen LogP contribution in [0.15, 0.2) is 9.57 Å². The molecular weight excluding hydrogens is 222 g/mol. The molecule has 17 heavy (non-hydrogen) atoms. The van der Waals surface area contributed by atoms with E-state index < -0.39 is 0 Å². The minimum absolute atomic E-state index is 0.0433. The normalized spacial score (nSPS) is 12.3. The maximum Gasteiger partial charge on any atom is 0.290 e. The standard InChI is InChI=1S/C11H17N3O3/c1-6(2)8(14-16-5)9(15)11-13-12-10(17-11)7(3)4/h6-7H,1-5H3/b14-8+. The van der Waals surface area contributed by atoms with Gasteiger partial charge in [0.05, 0.1) is 0 Å². The lowest BCUT2D eigenvalue weighted by molar-refractivity contribution is 0.101. The average molecular weight is 239 g/mol. The molecule has 1 rings (SSSR count). The summed E-state index contributed by atoms with van der Waals surface area (Å²) >= 11 is 0. The first-order chi connectivity index (χ1) is 7.97. The van der Waals surface area contributed by atoms with Gasteiger partial charge in [-0.2, -0.15) is 0 Å². The predicted octanol–water partition coefficient (Wildman–Crippen LogP) is 2.03. The molecule has 0 aromatic carbocycles. The van der Waals surface area contributed by atoms with Crippen molar-refractivity contribution in [3.8, 4) is 0 Å². The molecule has 0 fully saturated rings. The third-order valence-electron chi connectivity index (χ3n) is 2.10.